The molecule has 7 heteroatoms. The van der Waals surface area contributed by atoms with Crippen molar-refractivity contribution in [3.05, 3.63) is 70.0 Å². The molecular weight excluding hydrogens is 357 g/mol. The lowest BCUT2D eigenvalue weighted by Crippen LogP contribution is -2.56. The maximum Gasteiger partial charge on any atom is 0.272 e. The Hall–Kier alpha value is -2.83. The summed E-state index contributed by atoms with van der Waals surface area (Å²) < 4.78 is 40.4. The van der Waals surface area contributed by atoms with Crippen molar-refractivity contribution in [2.24, 2.45) is 0 Å². The third kappa shape index (κ3) is 4.67. The van der Waals surface area contributed by atoms with Crippen molar-refractivity contribution >= 4 is 11.8 Å². The number of carbonyl (C=O) groups is 2. The summed E-state index contributed by atoms with van der Waals surface area (Å²) in [6.07, 6.45) is 0. The van der Waals surface area contributed by atoms with Gasteiger partial charge in [0.25, 0.3) is 11.8 Å². The van der Waals surface area contributed by atoms with E-state index in [1.54, 1.807) is 32.9 Å². The summed E-state index contributed by atoms with van der Waals surface area (Å²) in [4.78, 5) is 25.4. The lowest BCUT2D eigenvalue weighted by molar-refractivity contribution is 0.0356. The Labute approximate surface area is 156 Å². The maximum absolute atomic E-state index is 13.9. The van der Waals surface area contributed by atoms with Crippen molar-refractivity contribution < 1.29 is 22.8 Å². The molecule has 0 heterocycles. The lowest BCUT2D eigenvalue weighted by atomic mass is 10.0. The molecule has 1 N–H and O–H groups in total. The zero-order valence-corrected chi connectivity index (χ0v) is 15.8. The molecule has 0 radical (unpaired) electrons. The fraction of sp³-hybridized carbons (Fsp3) is 0.300. The SMILES string of the molecule is Cc1cc(C)cc(C(=O)N(NC(=O)c2cc(F)c(F)cc2F)C(C)(C)C)c1. The monoisotopic (exact) mass is 378 g/mol. The molecule has 0 atom stereocenters. The first-order valence-electron chi connectivity index (χ1n) is 8.28. The Kier molecular flexibility index (Phi) is 5.63. The molecule has 0 spiro atoms. The fourth-order valence-electron chi connectivity index (χ4n) is 2.61. The Bertz CT molecular complexity index is 885. The number of hydrogen-bond donors (Lipinski definition) is 1. The average Bonchev–Trinajstić information content (AvgIpc) is 2.53. The van der Waals surface area contributed by atoms with Crippen molar-refractivity contribution in [1.29, 1.82) is 0 Å². The zero-order chi connectivity index (χ0) is 20.5. The summed E-state index contributed by atoms with van der Waals surface area (Å²) in [5.41, 5.74) is 2.83. The van der Waals surface area contributed by atoms with Crippen LogP contribution in [0.4, 0.5) is 13.2 Å². The summed E-state index contributed by atoms with van der Waals surface area (Å²) in [6, 6.07) is 5.98. The number of aryl methyl sites for hydroxylation is 2. The number of rotatable bonds is 2. The van der Waals surface area contributed by atoms with Crippen molar-refractivity contribution in [1.82, 2.24) is 10.4 Å². The number of benzene rings is 2. The van der Waals surface area contributed by atoms with E-state index in [2.05, 4.69) is 5.43 Å². The van der Waals surface area contributed by atoms with E-state index in [1.165, 1.54) is 0 Å². The molecule has 0 aliphatic rings. The topological polar surface area (TPSA) is 49.4 Å². The van der Waals surface area contributed by atoms with E-state index in [4.69, 9.17) is 0 Å². The molecule has 0 aromatic heterocycles. The Morgan fingerprint density at radius 2 is 1.37 bits per heavy atom. The molecule has 4 nitrogen and oxygen atoms in total. The minimum Gasteiger partial charge on any atom is -0.267 e. The van der Waals surface area contributed by atoms with Crippen LogP contribution in [0.3, 0.4) is 0 Å². The van der Waals surface area contributed by atoms with Crippen LogP contribution in [0, 0.1) is 31.3 Å². The van der Waals surface area contributed by atoms with Crippen molar-refractivity contribution in [3.63, 3.8) is 0 Å². The summed E-state index contributed by atoms with van der Waals surface area (Å²) >= 11 is 0. The summed E-state index contributed by atoms with van der Waals surface area (Å²) in [6.45, 7) is 8.70. The van der Waals surface area contributed by atoms with Crippen LogP contribution in [0.2, 0.25) is 0 Å². The third-order valence-corrected chi connectivity index (χ3v) is 3.81. The first kappa shape index (κ1) is 20.5. The maximum atomic E-state index is 13.9. The standard InChI is InChI=1S/C20H21F3N2O2/c1-11-6-12(2)8-13(7-11)19(27)25(20(3,4)5)24-18(26)14-9-16(22)17(23)10-15(14)21/h6-10H,1-5H3,(H,24,26). The van der Waals surface area contributed by atoms with Gasteiger partial charge in [-0.2, -0.15) is 0 Å². The lowest BCUT2D eigenvalue weighted by Gasteiger charge is -2.35. The minimum atomic E-state index is -1.40. The predicted molar refractivity (Wildman–Crippen MR) is 95.6 cm³/mol. The van der Waals surface area contributed by atoms with Gasteiger partial charge in [-0.05, 0) is 52.8 Å². The van der Waals surface area contributed by atoms with E-state index in [1.807, 2.05) is 19.9 Å². The van der Waals surface area contributed by atoms with Crippen LogP contribution in [0.1, 0.15) is 52.6 Å². The van der Waals surface area contributed by atoms with Crippen LogP contribution in [-0.2, 0) is 0 Å². The molecule has 27 heavy (non-hydrogen) atoms. The van der Waals surface area contributed by atoms with Gasteiger partial charge in [-0.1, -0.05) is 17.2 Å². The predicted octanol–water partition coefficient (Wildman–Crippen LogP) is 4.31. The van der Waals surface area contributed by atoms with E-state index in [9.17, 15) is 22.8 Å². The van der Waals surface area contributed by atoms with Crippen molar-refractivity contribution in [2.45, 2.75) is 40.2 Å². The summed E-state index contributed by atoms with van der Waals surface area (Å²) in [7, 11) is 0. The minimum absolute atomic E-state index is 0.289. The molecule has 0 bridgehead atoms. The zero-order valence-electron chi connectivity index (χ0n) is 15.8. The fourth-order valence-corrected chi connectivity index (χ4v) is 2.61. The number of carbonyl (C=O) groups excluding carboxylic acids is 2. The molecule has 2 rings (SSSR count). The van der Waals surface area contributed by atoms with Crippen LogP contribution in [0.5, 0.6) is 0 Å². The molecule has 0 unspecified atom stereocenters. The van der Waals surface area contributed by atoms with Gasteiger partial charge in [0.1, 0.15) is 5.82 Å². The van der Waals surface area contributed by atoms with Crippen LogP contribution < -0.4 is 5.43 Å². The van der Waals surface area contributed by atoms with Gasteiger partial charge >= 0.3 is 0 Å². The van der Waals surface area contributed by atoms with Crippen molar-refractivity contribution in [3.8, 4) is 0 Å². The van der Waals surface area contributed by atoms with Crippen LogP contribution in [-0.4, -0.2) is 22.4 Å². The van der Waals surface area contributed by atoms with E-state index >= 15 is 0 Å². The average molecular weight is 378 g/mol. The van der Waals surface area contributed by atoms with Crippen LogP contribution >= 0.6 is 0 Å². The smallest absolute Gasteiger partial charge is 0.267 e. The molecule has 2 amide bonds. The second-order valence-corrected chi connectivity index (χ2v) is 7.37. The third-order valence-electron chi connectivity index (χ3n) is 3.81. The van der Waals surface area contributed by atoms with Gasteiger partial charge < -0.3 is 0 Å². The highest BCUT2D eigenvalue weighted by molar-refractivity contribution is 5.99. The van der Waals surface area contributed by atoms with Crippen LogP contribution in [0.15, 0.2) is 30.3 Å². The second-order valence-electron chi connectivity index (χ2n) is 7.37. The number of hydrogen-bond acceptors (Lipinski definition) is 2. The Morgan fingerprint density at radius 3 is 1.89 bits per heavy atom. The van der Waals surface area contributed by atoms with Gasteiger partial charge in [-0.25, -0.2) is 18.2 Å². The number of hydrazine groups is 1. The van der Waals surface area contributed by atoms with Gasteiger partial charge in [0.2, 0.25) is 0 Å². The summed E-state index contributed by atoms with van der Waals surface area (Å²) in [5, 5.41) is 1.05. The first-order chi connectivity index (χ1) is 12.4. The quantitative estimate of drug-likeness (QED) is 0.626. The highest BCUT2D eigenvalue weighted by atomic mass is 19.2. The molecule has 0 saturated carbocycles. The van der Waals surface area contributed by atoms with Gasteiger partial charge in [-0.3, -0.25) is 15.0 Å². The number of halogens is 3. The summed E-state index contributed by atoms with van der Waals surface area (Å²) in [5.74, 6) is -5.55. The molecular formula is C20H21F3N2O2. The normalized spacial score (nSPS) is 11.3. The molecule has 0 aliphatic heterocycles. The van der Waals surface area contributed by atoms with Gasteiger partial charge in [0.05, 0.1) is 11.1 Å². The van der Waals surface area contributed by atoms with E-state index < -0.39 is 40.4 Å². The molecule has 2 aromatic carbocycles. The largest absolute Gasteiger partial charge is 0.272 e. The van der Waals surface area contributed by atoms with Gasteiger partial charge in [0.15, 0.2) is 11.6 Å². The molecule has 144 valence electrons. The molecule has 2 aromatic rings. The highest BCUT2D eigenvalue weighted by Crippen LogP contribution is 2.19. The van der Waals surface area contributed by atoms with E-state index in [0.717, 1.165) is 16.1 Å². The number of amides is 2. The Balaban J connectivity index is 2.39. The van der Waals surface area contributed by atoms with Gasteiger partial charge in [0, 0.05) is 11.6 Å². The van der Waals surface area contributed by atoms with E-state index in [-0.39, 0.29) is 6.07 Å². The number of nitrogens with one attached hydrogen (secondary N) is 1. The van der Waals surface area contributed by atoms with Gasteiger partial charge in [-0.15, -0.1) is 0 Å². The number of nitrogens with zero attached hydrogens (tertiary/aromatic N) is 1. The van der Waals surface area contributed by atoms with E-state index in [0.29, 0.717) is 11.6 Å². The molecule has 0 saturated heterocycles. The molecule has 0 fully saturated rings. The molecule has 0 aliphatic carbocycles. The highest BCUT2D eigenvalue weighted by Gasteiger charge is 2.30. The second kappa shape index (κ2) is 7.42. The first-order valence-corrected chi connectivity index (χ1v) is 8.28. The Morgan fingerprint density at radius 1 is 0.852 bits per heavy atom. The van der Waals surface area contributed by atoms with Crippen molar-refractivity contribution in [2.75, 3.05) is 0 Å². The van der Waals surface area contributed by atoms with Crippen LogP contribution in [0.25, 0.3) is 0 Å².